The average Bonchev–Trinajstić information content (AvgIpc) is 2.49. The monoisotopic (exact) mass is 269 g/mol. The highest BCUT2D eigenvalue weighted by molar-refractivity contribution is 6.31. The number of nitrogens with zero attached hydrogens (tertiary/aromatic N) is 1. The molecule has 1 aromatic rings. The summed E-state index contributed by atoms with van der Waals surface area (Å²) in [6.45, 7) is 0.857. The van der Waals surface area contributed by atoms with Crippen LogP contribution in [0.1, 0.15) is 11.1 Å². The standard InChI is InChI=1S/C9H8ClNO2.2ClH/c10-8-3-1-2-6-4-11(9(12)13)5-7(6)8;;/h1-3H,4-5H2,(H,12,13);2*1H. The Morgan fingerprint density at radius 3 is 2.53 bits per heavy atom. The number of carboxylic acid groups (broad SMARTS) is 1. The molecule has 0 spiro atoms. The third-order valence-corrected chi connectivity index (χ3v) is 2.55. The molecule has 1 heterocycles. The minimum absolute atomic E-state index is 0. The SMILES string of the molecule is Cl.Cl.O=C(O)N1Cc2cccc(Cl)c2C1. The molecule has 0 aromatic heterocycles. The summed E-state index contributed by atoms with van der Waals surface area (Å²) >= 11 is 5.92. The van der Waals surface area contributed by atoms with Crippen LogP contribution in [0.5, 0.6) is 0 Å². The highest BCUT2D eigenvalue weighted by Crippen LogP contribution is 2.28. The molecule has 0 atom stereocenters. The molecule has 1 N–H and O–H groups in total. The van der Waals surface area contributed by atoms with E-state index in [1.165, 1.54) is 4.90 Å². The van der Waals surface area contributed by atoms with E-state index in [4.69, 9.17) is 16.7 Å². The topological polar surface area (TPSA) is 40.5 Å². The van der Waals surface area contributed by atoms with Gasteiger partial charge < -0.3 is 5.11 Å². The lowest BCUT2D eigenvalue weighted by Crippen LogP contribution is -2.22. The Morgan fingerprint density at radius 1 is 1.33 bits per heavy atom. The minimum Gasteiger partial charge on any atom is -0.465 e. The van der Waals surface area contributed by atoms with Gasteiger partial charge in [-0.15, -0.1) is 24.8 Å². The van der Waals surface area contributed by atoms with Crippen LogP contribution >= 0.6 is 36.4 Å². The van der Waals surface area contributed by atoms with Crippen molar-refractivity contribution in [2.45, 2.75) is 13.1 Å². The van der Waals surface area contributed by atoms with Gasteiger partial charge in [-0.3, -0.25) is 4.90 Å². The van der Waals surface area contributed by atoms with Gasteiger partial charge >= 0.3 is 6.09 Å². The van der Waals surface area contributed by atoms with Crippen molar-refractivity contribution in [2.75, 3.05) is 0 Å². The lowest BCUT2D eigenvalue weighted by Gasteiger charge is -2.08. The predicted molar refractivity (Wildman–Crippen MR) is 63.2 cm³/mol. The molecular weight excluding hydrogens is 260 g/mol. The molecule has 0 unspecified atom stereocenters. The average molecular weight is 271 g/mol. The molecule has 1 aromatic carbocycles. The van der Waals surface area contributed by atoms with Crippen molar-refractivity contribution in [3.8, 4) is 0 Å². The fourth-order valence-corrected chi connectivity index (χ4v) is 1.77. The summed E-state index contributed by atoms with van der Waals surface area (Å²) in [5, 5.41) is 9.41. The summed E-state index contributed by atoms with van der Waals surface area (Å²) in [5.41, 5.74) is 1.95. The number of hydrogen-bond acceptors (Lipinski definition) is 1. The van der Waals surface area contributed by atoms with Crippen molar-refractivity contribution in [3.63, 3.8) is 0 Å². The predicted octanol–water partition coefficient (Wildman–Crippen LogP) is 3.18. The molecule has 1 amide bonds. The number of rotatable bonds is 0. The van der Waals surface area contributed by atoms with E-state index in [1.54, 1.807) is 6.07 Å². The van der Waals surface area contributed by atoms with Crippen LogP contribution in [-0.2, 0) is 13.1 Å². The van der Waals surface area contributed by atoms with Crippen LogP contribution in [0.2, 0.25) is 5.02 Å². The van der Waals surface area contributed by atoms with Gasteiger partial charge in [0, 0.05) is 11.6 Å². The number of halogens is 3. The number of hydrogen-bond donors (Lipinski definition) is 1. The Balaban J connectivity index is 0.000000980. The van der Waals surface area contributed by atoms with E-state index >= 15 is 0 Å². The van der Waals surface area contributed by atoms with E-state index < -0.39 is 6.09 Å². The first-order chi connectivity index (χ1) is 6.18. The van der Waals surface area contributed by atoms with Crippen LogP contribution in [0.4, 0.5) is 4.79 Å². The van der Waals surface area contributed by atoms with Crippen LogP contribution in [0, 0.1) is 0 Å². The smallest absolute Gasteiger partial charge is 0.407 e. The first-order valence-corrected chi connectivity index (χ1v) is 4.30. The zero-order valence-corrected chi connectivity index (χ0v) is 10.0. The molecule has 84 valence electrons. The van der Waals surface area contributed by atoms with Crippen LogP contribution in [0.3, 0.4) is 0 Å². The Labute approximate surface area is 105 Å². The molecule has 0 radical (unpaired) electrons. The van der Waals surface area contributed by atoms with Gasteiger partial charge in [0.1, 0.15) is 0 Å². The van der Waals surface area contributed by atoms with Gasteiger partial charge in [0.05, 0.1) is 6.54 Å². The molecule has 1 aliphatic heterocycles. The van der Waals surface area contributed by atoms with Gasteiger partial charge in [-0.25, -0.2) is 4.79 Å². The van der Waals surface area contributed by atoms with Crippen molar-refractivity contribution in [2.24, 2.45) is 0 Å². The third-order valence-electron chi connectivity index (χ3n) is 2.20. The van der Waals surface area contributed by atoms with E-state index in [0.29, 0.717) is 18.1 Å². The Morgan fingerprint density at radius 2 is 2.00 bits per heavy atom. The van der Waals surface area contributed by atoms with E-state index in [1.807, 2.05) is 12.1 Å². The highest BCUT2D eigenvalue weighted by Gasteiger charge is 2.23. The lowest BCUT2D eigenvalue weighted by atomic mass is 10.1. The van der Waals surface area contributed by atoms with Crippen LogP contribution in [0.15, 0.2) is 18.2 Å². The van der Waals surface area contributed by atoms with Gasteiger partial charge in [0.15, 0.2) is 0 Å². The van der Waals surface area contributed by atoms with Gasteiger partial charge in [-0.2, -0.15) is 0 Å². The van der Waals surface area contributed by atoms with Crippen LogP contribution in [-0.4, -0.2) is 16.1 Å². The molecule has 0 fully saturated rings. The van der Waals surface area contributed by atoms with Crippen molar-refractivity contribution in [1.82, 2.24) is 4.90 Å². The number of benzene rings is 1. The summed E-state index contributed by atoms with van der Waals surface area (Å²) in [5.74, 6) is 0. The normalized spacial score (nSPS) is 12.5. The zero-order chi connectivity index (χ0) is 9.42. The van der Waals surface area contributed by atoms with Crippen LogP contribution < -0.4 is 0 Å². The van der Waals surface area contributed by atoms with Crippen molar-refractivity contribution in [3.05, 3.63) is 34.3 Å². The molecule has 6 heteroatoms. The number of amides is 1. The highest BCUT2D eigenvalue weighted by atomic mass is 35.5. The molecule has 0 aliphatic carbocycles. The van der Waals surface area contributed by atoms with Crippen LogP contribution in [0.25, 0.3) is 0 Å². The van der Waals surface area contributed by atoms with Gasteiger partial charge in [-0.1, -0.05) is 23.7 Å². The largest absolute Gasteiger partial charge is 0.465 e. The Bertz CT molecular complexity index is 370. The van der Waals surface area contributed by atoms with Crippen molar-refractivity contribution >= 4 is 42.5 Å². The zero-order valence-electron chi connectivity index (χ0n) is 7.64. The van der Waals surface area contributed by atoms with Gasteiger partial charge in [0.25, 0.3) is 0 Å². The maximum absolute atomic E-state index is 10.7. The fraction of sp³-hybridized carbons (Fsp3) is 0.222. The molecular formula is C9H10Cl3NO2. The van der Waals surface area contributed by atoms with Crippen molar-refractivity contribution in [1.29, 1.82) is 0 Å². The first-order valence-electron chi connectivity index (χ1n) is 3.92. The fourth-order valence-electron chi connectivity index (χ4n) is 1.52. The Hall–Kier alpha value is -0.640. The minimum atomic E-state index is -0.896. The molecule has 15 heavy (non-hydrogen) atoms. The molecule has 0 saturated heterocycles. The van der Waals surface area contributed by atoms with Gasteiger partial charge in [0.2, 0.25) is 0 Å². The summed E-state index contributed by atoms with van der Waals surface area (Å²) in [6.07, 6.45) is -0.896. The Kier molecular flexibility index (Phi) is 5.21. The summed E-state index contributed by atoms with van der Waals surface area (Å²) in [6, 6.07) is 5.53. The first kappa shape index (κ1) is 14.4. The number of carbonyl (C=O) groups is 1. The molecule has 3 nitrogen and oxygen atoms in total. The van der Waals surface area contributed by atoms with Crippen molar-refractivity contribution < 1.29 is 9.90 Å². The van der Waals surface area contributed by atoms with E-state index in [2.05, 4.69) is 0 Å². The molecule has 0 bridgehead atoms. The lowest BCUT2D eigenvalue weighted by molar-refractivity contribution is 0.145. The quantitative estimate of drug-likeness (QED) is 0.786. The summed E-state index contributed by atoms with van der Waals surface area (Å²) in [4.78, 5) is 12.0. The summed E-state index contributed by atoms with van der Waals surface area (Å²) in [7, 11) is 0. The second-order valence-corrected chi connectivity index (χ2v) is 3.42. The van der Waals surface area contributed by atoms with E-state index in [-0.39, 0.29) is 24.8 Å². The molecule has 1 aliphatic rings. The molecule has 2 rings (SSSR count). The van der Waals surface area contributed by atoms with Gasteiger partial charge in [-0.05, 0) is 17.2 Å². The second-order valence-electron chi connectivity index (χ2n) is 3.02. The third kappa shape index (κ3) is 2.68. The number of fused-ring (bicyclic) bond motifs is 1. The maximum Gasteiger partial charge on any atom is 0.407 e. The second kappa shape index (κ2) is 5.45. The summed E-state index contributed by atoms with van der Waals surface area (Å²) < 4.78 is 0. The maximum atomic E-state index is 10.7. The van der Waals surface area contributed by atoms with E-state index in [0.717, 1.165) is 11.1 Å². The van der Waals surface area contributed by atoms with E-state index in [9.17, 15) is 4.79 Å². The molecule has 0 saturated carbocycles.